The van der Waals surface area contributed by atoms with E-state index in [0.29, 0.717) is 120 Å². The van der Waals surface area contributed by atoms with Crippen molar-refractivity contribution in [2.75, 3.05) is 185 Å². The first-order valence-electron chi connectivity index (χ1n) is 53.5. The largest absolute Gasteiger partial charge is 0.462 e. The fraction of sp³-hybridized carbons (Fsp3) is 0.833. The second kappa shape index (κ2) is 67.9. The van der Waals surface area contributed by atoms with Crippen LogP contribution in [-0.2, 0) is 103 Å². The molecule has 0 spiro atoms. The smallest absolute Gasteiger partial charge is 0.416 e. The standard InChI is InChI=1S/C108H178F7N5O19/c1-81(2)32-29-33-82(3)95-38-39-96-93-36-34-86-78-90(42-46-105(86,6)97(93)43-47-106(95,96)7)139-102(124)79-98(103(116)125)118-100(122)45-73-138-72-31-71-137-69-28-26-67-135-65-24-22-63-133-61-20-18-59-131-57-16-14-55-129-53-12-10-51-127-50-9-11-52-128-54-13-15-56-130-58-17-19-60-132-62-21-23-64-134-66-25-27-68-136-70-30-48-117-99(121)40-41-101(123)120-49-44-92(94(80-120)91-37-35-89(109)74-83(91)4)104(126)119(8)84(5)85-75-87(107(110,111)112)77-88(76-85)108(113,114)115/h35,37,74-77,81-82,84,86,90,92-98H,9-34,36,38-73,78-80H2,1-8H3,(H2,116,125)(H,117,121)(H,118,122)/t82-,84+,86+,90+,92+,93+,94-,95-,96+,97+,98+,105+,106-/m1/s1. The lowest BCUT2D eigenvalue weighted by atomic mass is 9.44. The van der Waals surface area contributed by atoms with Gasteiger partial charge in [-0.05, 0) is 319 Å². The number of hydrogen-bond donors (Lipinski definition) is 3. The molecule has 13 atom stereocenters. The molecule has 4 N–H and O–H groups in total. The normalized spacial score (nSPS) is 21.7. The Bertz CT molecular complexity index is 3690. The van der Waals surface area contributed by atoms with E-state index in [9.17, 15) is 59.5 Å². The summed E-state index contributed by atoms with van der Waals surface area (Å²) >= 11 is 0. The van der Waals surface area contributed by atoms with Crippen LogP contribution < -0.4 is 16.4 Å². The molecule has 0 unspecified atom stereocenters. The number of nitrogens with one attached hydrogen (secondary N) is 2. The number of esters is 1. The molecule has 0 aromatic heterocycles. The highest BCUT2D eigenvalue weighted by molar-refractivity contribution is 5.90. The predicted octanol–water partition coefficient (Wildman–Crippen LogP) is 20.8. The number of amides is 5. The van der Waals surface area contributed by atoms with Crippen molar-refractivity contribution in [3.63, 3.8) is 0 Å². The van der Waals surface area contributed by atoms with Gasteiger partial charge in [0.05, 0.1) is 30.2 Å². The van der Waals surface area contributed by atoms with Crippen molar-refractivity contribution in [2.24, 2.45) is 63.9 Å². The van der Waals surface area contributed by atoms with E-state index in [0.717, 1.165) is 274 Å². The summed E-state index contributed by atoms with van der Waals surface area (Å²) in [7, 11) is 1.31. The van der Waals surface area contributed by atoms with E-state index >= 15 is 0 Å². The molecule has 2 aromatic carbocycles. The van der Waals surface area contributed by atoms with Gasteiger partial charge in [0, 0.05) is 210 Å². The van der Waals surface area contributed by atoms with Crippen LogP contribution in [0, 0.1) is 70.9 Å². The van der Waals surface area contributed by atoms with Gasteiger partial charge in [0.1, 0.15) is 18.0 Å². The highest BCUT2D eigenvalue weighted by Crippen LogP contribution is 2.69. The molecule has 5 aliphatic rings. The molecule has 24 nitrogen and oxygen atoms in total. The van der Waals surface area contributed by atoms with Crippen LogP contribution in [0.5, 0.6) is 0 Å². The Balaban J connectivity index is 0.517. The quantitative estimate of drug-likeness (QED) is 0.0315. The molecule has 1 heterocycles. The van der Waals surface area contributed by atoms with Crippen LogP contribution in [0.4, 0.5) is 30.7 Å². The van der Waals surface area contributed by atoms with Gasteiger partial charge in [-0.15, -0.1) is 0 Å². The van der Waals surface area contributed by atoms with E-state index in [1.807, 2.05) is 0 Å². The minimum absolute atomic E-state index is 0.0184. The van der Waals surface area contributed by atoms with Gasteiger partial charge >= 0.3 is 18.3 Å². The summed E-state index contributed by atoms with van der Waals surface area (Å²) in [6.07, 6.45) is 24.6. The minimum atomic E-state index is -5.07. The fourth-order valence-corrected chi connectivity index (χ4v) is 21.6. The first-order valence-corrected chi connectivity index (χ1v) is 53.5. The Morgan fingerprint density at radius 1 is 0.482 bits per heavy atom. The topological polar surface area (TPSA) is 279 Å². The molecule has 4 aliphatic carbocycles. The first-order chi connectivity index (χ1) is 66.9. The maximum absolute atomic E-state index is 14.3. The van der Waals surface area contributed by atoms with Crippen molar-refractivity contribution in [1.29, 1.82) is 0 Å². The second-order valence-electron chi connectivity index (χ2n) is 40.8. The van der Waals surface area contributed by atoms with Gasteiger partial charge in [-0.2, -0.15) is 26.3 Å². The number of benzene rings is 2. The number of piperidine rings is 1. The Kier molecular flexibility index (Phi) is 58.7. The number of carbonyl (C=O) groups is 6. The molecule has 0 radical (unpaired) electrons. The monoisotopic (exact) mass is 1980 g/mol. The molecular weight excluding hydrogens is 1800 g/mol. The molecule has 5 amide bonds. The first kappa shape index (κ1) is 120. The molecule has 4 saturated carbocycles. The summed E-state index contributed by atoms with van der Waals surface area (Å²) < 4.78 is 172. The van der Waals surface area contributed by atoms with Gasteiger partial charge in [-0.1, -0.05) is 59.9 Å². The zero-order valence-corrected chi connectivity index (χ0v) is 85.9. The van der Waals surface area contributed by atoms with Crippen LogP contribution in [-0.4, -0.2) is 243 Å². The lowest BCUT2D eigenvalue weighted by Gasteiger charge is -2.61. The van der Waals surface area contributed by atoms with Gasteiger partial charge in [0.2, 0.25) is 29.5 Å². The van der Waals surface area contributed by atoms with Gasteiger partial charge in [0.15, 0.2) is 0 Å². The zero-order chi connectivity index (χ0) is 101. The molecule has 7 rings (SSSR count). The molecule has 139 heavy (non-hydrogen) atoms. The number of rotatable bonds is 78. The van der Waals surface area contributed by atoms with Crippen molar-refractivity contribution < 1.29 is 121 Å². The number of unbranched alkanes of at least 4 members (excludes halogenated alkanes) is 10. The third-order valence-electron chi connectivity index (χ3n) is 29.8. The van der Waals surface area contributed by atoms with Crippen molar-refractivity contribution in [3.05, 3.63) is 70.0 Å². The molecule has 2 aromatic rings. The second-order valence-corrected chi connectivity index (χ2v) is 40.8. The van der Waals surface area contributed by atoms with Crippen LogP contribution in [0.2, 0.25) is 0 Å². The number of halogens is 7. The maximum Gasteiger partial charge on any atom is 0.416 e. The molecule has 1 saturated heterocycles. The van der Waals surface area contributed by atoms with Gasteiger partial charge in [0.25, 0.3) is 0 Å². The highest BCUT2D eigenvalue weighted by atomic mass is 19.4. The van der Waals surface area contributed by atoms with Crippen LogP contribution in [0.3, 0.4) is 0 Å². The number of primary amides is 1. The van der Waals surface area contributed by atoms with Crippen LogP contribution >= 0.6 is 0 Å². The molecule has 5 fully saturated rings. The van der Waals surface area contributed by atoms with E-state index < -0.39 is 76.9 Å². The highest BCUT2D eigenvalue weighted by Gasteiger charge is 2.61. The molecular formula is C108H178F7N5O19. The Labute approximate surface area is 827 Å². The average molecular weight is 1980 g/mol. The maximum atomic E-state index is 14.3. The number of fused-ring (bicyclic) bond motifs is 5. The molecule has 0 bridgehead atoms. The summed E-state index contributed by atoms with van der Waals surface area (Å²) in [6.45, 7) is 31.9. The van der Waals surface area contributed by atoms with E-state index in [1.165, 1.54) is 94.9 Å². The van der Waals surface area contributed by atoms with E-state index in [4.69, 9.17) is 67.3 Å². The van der Waals surface area contributed by atoms with Gasteiger partial charge in [-0.25, -0.2) is 4.39 Å². The number of nitrogens with zero attached hydrogens (tertiary/aromatic N) is 2. The van der Waals surface area contributed by atoms with Crippen molar-refractivity contribution in [3.8, 4) is 0 Å². The van der Waals surface area contributed by atoms with Crippen molar-refractivity contribution >= 4 is 35.5 Å². The van der Waals surface area contributed by atoms with Crippen LogP contribution in [0.15, 0.2) is 36.4 Å². The van der Waals surface area contributed by atoms with Gasteiger partial charge < -0.3 is 87.7 Å². The Morgan fingerprint density at radius 3 is 1.35 bits per heavy atom. The fourth-order valence-electron chi connectivity index (χ4n) is 21.6. The number of aryl methyl sites for hydroxylation is 1. The predicted molar refractivity (Wildman–Crippen MR) is 523 cm³/mol. The minimum Gasteiger partial charge on any atom is -0.462 e. The van der Waals surface area contributed by atoms with Crippen LogP contribution in [0.1, 0.15) is 332 Å². The molecule has 1 aliphatic heterocycles. The van der Waals surface area contributed by atoms with Crippen LogP contribution in [0.25, 0.3) is 0 Å². The third kappa shape index (κ3) is 45.9. The Hall–Kier alpha value is -5.71. The average Bonchev–Trinajstić information content (AvgIpc) is 1.63. The number of nitrogens with two attached hydrogens (primary N) is 1. The number of likely N-dealkylation sites (tertiary alicyclic amines) is 1. The summed E-state index contributed by atoms with van der Waals surface area (Å²) in [4.78, 5) is 81.5. The number of alkyl halides is 6. The van der Waals surface area contributed by atoms with E-state index in [1.54, 1.807) is 6.92 Å². The number of carbonyl (C=O) groups excluding carboxylic acids is 6. The summed E-state index contributed by atoms with van der Waals surface area (Å²) in [5, 5.41) is 5.46. The zero-order valence-electron chi connectivity index (χ0n) is 85.9. The Morgan fingerprint density at radius 2 is 0.914 bits per heavy atom. The number of hydrogen-bond acceptors (Lipinski definition) is 19. The number of ether oxygens (including phenoxy) is 13. The lowest BCUT2D eigenvalue weighted by Crippen LogP contribution is -2.54. The van der Waals surface area contributed by atoms with Gasteiger partial charge in [-0.3, -0.25) is 28.8 Å². The SMILES string of the molecule is Cc1cc(F)ccc1[C@H]1CN(C(=O)CCC(=O)NCCCOCCCCOCCCCOCCCCOCCCCOCCCCOCCCCOCCCCOCCCCOCCCCOCCCCOCCCOCCC(=O)N[C@@H](CC(=O)O[C@H]2CC[C@@]3(C)[C@@H](CC[C@@H]4[C@@H]3CC[C@]3(C)[C@@H]([C@H](C)CCCC(C)C)CC[C@@H]43)C2)C(N)=O)CC[C@@H]1C(=O)N(C)[C@@H](C)c1cc(C(F)(F)F)cc(C(F)(F)F)c1. The van der Waals surface area contributed by atoms with E-state index in [2.05, 4.69) is 45.3 Å². The third-order valence-corrected chi connectivity index (χ3v) is 29.8. The summed E-state index contributed by atoms with van der Waals surface area (Å²) in [5.41, 5.74) is 4.14. The lowest BCUT2D eigenvalue weighted by molar-refractivity contribution is -0.164. The summed E-state index contributed by atoms with van der Waals surface area (Å²) in [6, 6.07) is 2.93. The molecule has 31 heteroatoms. The molecule has 798 valence electrons. The van der Waals surface area contributed by atoms with Crippen molar-refractivity contribution in [1.82, 2.24) is 20.4 Å². The van der Waals surface area contributed by atoms with Crippen molar-refractivity contribution in [2.45, 2.75) is 335 Å². The van der Waals surface area contributed by atoms with E-state index in [-0.39, 0.29) is 86.8 Å². The summed E-state index contributed by atoms with van der Waals surface area (Å²) in [5.74, 6) is 0.444.